The third-order valence-electron chi connectivity index (χ3n) is 3.76. The maximum Gasteiger partial charge on any atom is 0.257 e. The van der Waals surface area contributed by atoms with Gasteiger partial charge in [0.25, 0.3) is 5.91 Å². The van der Waals surface area contributed by atoms with E-state index in [4.69, 9.17) is 0 Å². The van der Waals surface area contributed by atoms with E-state index in [-0.39, 0.29) is 11.3 Å². The van der Waals surface area contributed by atoms with Crippen molar-refractivity contribution in [3.63, 3.8) is 0 Å². The molecule has 0 atom stereocenters. The van der Waals surface area contributed by atoms with E-state index in [0.717, 1.165) is 15.8 Å². The zero-order valence-electron chi connectivity index (χ0n) is 13.8. The van der Waals surface area contributed by atoms with Crippen LogP contribution in [0.2, 0.25) is 0 Å². The fraction of sp³-hybridized carbons (Fsp3) is 0.263. The van der Waals surface area contributed by atoms with Crippen molar-refractivity contribution in [1.29, 1.82) is 0 Å². The van der Waals surface area contributed by atoms with Crippen molar-refractivity contribution >= 4 is 32.6 Å². The van der Waals surface area contributed by atoms with Gasteiger partial charge in [-0.1, -0.05) is 55.9 Å². The molecule has 3 nitrogen and oxygen atoms in total. The molecule has 3 aromatic rings. The lowest BCUT2D eigenvalue weighted by Gasteiger charge is -2.18. The van der Waals surface area contributed by atoms with Gasteiger partial charge in [-0.3, -0.25) is 10.1 Å². The summed E-state index contributed by atoms with van der Waals surface area (Å²) >= 11 is 1.51. The Kier molecular flexibility index (Phi) is 3.94. The van der Waals surface area contributed by atoms with Crippen LogP contribution in [-0.4, -0.2) is 10.9 Å². The Hall–Kier alpha value is -2.20. The van der Waals surface area contributed by atoms with E-state index in [9.17, 15) is 4.79 Å². The van der Waals surface area contributed by atoms with E-state index >= 15 is 0 Å². The fourth-order valence-corrected chi connectivity index (χ4v) is 3.30. The highest BCUT2D eigenvalue weighted by molar-refractivity contribution is 7.22. The van der Waals surface area contributed by atoms with Gasteiger partial charge in [0.1, 0.15) is 0 Å². The fourth-order valence-electron chi connectivity index (χ4n) is 2.40. The van der Waals surface area contributed by atoms with Crippen LogP contribution in [0.15, 0.2) is 42.5 Å². The third-order valence-corrected chi connectivity index (χ3v) is 4.69. The first-order valence-corrected chi connectivity index (χ1v) is 8.44. The largest absolute Gasteiger partial charge is 0.298 e. The Labute approximate surface area is 140 Å². The molecule has 0 aliphatic carbocycles. The summed E-state index contributed by atoms with van der Waals surface area (Å²) in [5.74, 6) is -0.121. The lowest BCUT2D eigenvalue weighted by molar-refractivity contribution is 0.102. The molecule has 118 valence electrons. The number of hydrogen-bond donors (Lipinski definition) is 1. The van der Waals surface area contributed by atoms with Crippen LogP contribution < -0.4 is 5.32 Å². The number of carbonyl (C=O) groups is 1. The lowest BCUT2D eigenvalue weighted by atomic mass is 9.87. The molecule has 0 aliphatic heterocycles. The van der Waals surface area contributed by atoms with E-state index in [1.807, 2.05) is 37.3 Å². The highest BCUT2D eigenvalue weighted by Crippen LogP contribution is 2.31. The monoisotopic (exact) mass is 324 g/mol. The van der Waals surface area contributed by atoms with Crippen LogP contribution in [0.1, 0.15) is 42.3 Å². The molecule has 23 heavy (non-hydrogen) atoms. The van der Waals surface area contributed by atoms with Crippen LogP contribution in [-0.2, 0) is 5.41 Å². The first-order valence-electron chi connectivity index (χ1n) is 7.62. The normalized spacial score (nSPS) is 11.7. The van der Waals surface area contributed by atoms with Gasteiger partial charge in [-0.2, -0.15) is 0 Å². The molecule has 1 aromatic heterocycles. The van der Waals surface area contributed by atoms with Crippen LogP contribution in [0.4, 0.5) is 5.13 Å². The predicted molar refractivity (Wildman–Crippen MR) is 97.5 cm³/mol. The number of fused-ring (bicyclic) bond motifs is 1. The number of amides is 1. The SMILES string of the molecule is Cc1cccc(C(=O)Nc2nc3ccc(C(C)(C)C)cc3s2)c1. The number of carbonyl (C=O) groups excluding carboxylic acids is 1. The van der Waals surface area contributed by atoms with Crippen LogP contribution in [0, 0.1) is 6.92 Å². The Balaban J connectivity index is 1.87. The van der Waals surface area contributed by atoms with E-state index in [1.165, 1.54) is 16.9 Å². The van der Waals surface area contributed by atoms with Gasteiger partial charge in [0.05, 0.1) is 10.2 Å². The van der Waals surface area contributed by atoms with Gasteiger partial charge in [-0.05, 0) is 42.2 Å². The summed E-state index contributed by atoms with van der Waals surface area (Å²) in [6.45, 7) is 8.55. The second kappa shape index (κ2) is 5.78. The molecule has 0 aliphatic rings. The summed E-state index contributed by atoms with van der Waals surface area (Å²) in [4.78, 5) is 16.8. The molecule has 0 fully saturated rings. The highest BCUT2D eigenvalue weighted by Gasteiger charge is 2.16. The van der Waals surface area contributed by atoms with E-state index in [2.05, 4.69) is 43.2 Å². The second-order valence-corrected chi connectivity index (χ2v) is 7.81. The maximum absolute atomic E-state index is 12.3. The number of nitrogens with one attached hydrogen (secondary N) is 1. The molecule has 1 N–H and O–H groups in total. The summed E-state index contributed by atoms with van der Waals surface area (Å²) in [5.41, 5.74) is 4.01. The molecule has 2 aromatic carbocycles. The van der Waals surface area contributed by atoms with Crippen molar-refractivity contribution in [2.45, 2.75) is 33.1 Å². The summed E-state index contributed by atoms with van der Waals surface area (Å²) in [7, 11) is 0. The van der Waals surface area contributed by atoms with Gasteiger partial charge in [-0.25, -0.2) is 4.98 Å². The molecule has 0 unspecified atom stereocenters. The number of benzene rings is 2. The molecule has 0 bridgehead atoms. The van der Waals surface area contributed by atoms with Crippen molar-refractivity contribution < 1.29 is 4.79 Å². The number of anilines is 1. The number of nitrogens with zero attached hydrogens (tertiary/aromatic N) is 1. The van der Waals surface area contributed by atoms with Gasteiger partial charge >= 0.3 is 0 Å². The predicted octanol–water partition coefficient (Wildman–Crippen LogP) is 5.15. The molecule has 1 amide bonds. The topological polar surface area (TPSA) is 42.0 Å². The Morgan fingerprint density at radius 3 is 2.61 bits per heavy atom. The highest BCUT2D eigenvalue weighted by atomic mass is 32.1. The van der Waals surface area contributed by atoms with Crippen LogP contribution >= 0.6 is 11.3 Å². The maximum atomic E-state index is 12.3. The molecule has 1 heterocycles. The lowest BCUT2D eigenvalue weighted by Crippen LogP contribution is -2.11. The third kappa shape index (κ3) is 3.42. The van der Waals surface area contributed by atoms with Crippen LogP contribution in [0.3, 0.4) is 0 Å². The quantitative estimate of drug-likeness (QED) is 0.708. The first-order chi connectivity index (χ1) is 10.8. The summed E-state index contributed by atoms with van der Waals surface area (Å²) in [6, 6.07) is 13.8. The minimum atomic E-state index is -0.121. The molecule has 0 radical (unpaired) electrons. The Morgan fingerprint density at radius 1 is 1.13 bits per heavy atom. The van der Waals surface area contributed by atoms with Crippen molar-refractivity contribution in [2.75, 3.05) is 5.32 Å². The first kappa shape index (κ1) is 15.7. The molecular weight excluding hydrogens is 304 g/mol. The van der Waals surface area contributed by atoms with Crippen molar-refractivity contribution in [3.8, 4) is 0 Å². The number of hydrogen-bond acceptors (Lipinski definition) is 3. The molecule has 0 saturated heterocycles. The molecule has 0 saturated carbocycles. The zero-order valence-corrected chi connectivity index (χ0v) is 14.6. The Morgan fingerprint density at radius 2 is 1.91 bits per heavy atom. The van der Waals surface area contributed by atoms with E-state index in [1.54, 1.807) is 0 Å². The summed E-state index contributed by atoms with van der Waals surface area (Å²) in [5, 5.41) is 3.54. The van der Waals surface area contributed by atoms with Crippen molar-refractivity contribution in [1.82, 2.24) is 4.98 Å². The summed E-state index contributed by atoms with van der Waals surface area (Å²) in [6.07, 6.45) is 0. The minimum absolute atomic E-state index is 0.100. The number of aryl methyl sites for hydroxylation is 1. The average Bonchev–Trinajstić information content (AvgIpc) is 2.87. The van der Waals surface area contributed by atoms with Gasteiger partial charge < -0.3 is 0 Å². The summed E-state index contributed by atoms with van der Waals surface area (Å²) < 4.78 is 1.09. The molecular formula is C19H20N2OS. The number of thiazole rings is 1. The zero-order chi connectivity index (χ0) is 16.6. The van der Waals surface area contributed by atoms with Gasteiger partial charge in [0.15, 0.2) is 5.13 Å². The Bertz CT molecular complexity index is 874. The average molecular weight is 324 g/mol. The van der Waals surface area contributed by atoms with E-state index < -0.39 is 0 Å². The smallest absolute Gasteiger partial charge is 0.257 e. The van der Waals surface area contributed by atoms with Gasteiger partial charge in [-0.15, -0.1) is 0 Å². The van der Waals surface area contributed by atoms with Crippen molar-refractivity contribution in [3.05, 3.63) is 59.2 Å². The van der Waals surface area contributed by atoms with Crippen LogP contribution in [0.5, 0.6) is 0 Å². The molecule has 4 heteroatoms. The number of aromatic nitrogens is 1. The standard InChI is InChI=1S/C19H20N2OS/c1-12-6-5-7-13(10-12)17(22)21-18-20-15-9-8-14(19(2,3)4)11-16(15)23-18/h5-11H,1-4H3,(H,20,21,22). The second-order valence-electron chi connectivity index (χ2n) is 6.78. The molecule has 3 rings (SSSR count). The minimum Gasteiger partial charge on any atom is -0.298 e. The molecule has 0 spiro atoms. The van der Waals surface area contributed by atoms with Crippen molar-refractivity contribution in [2.24, 2.45) is 0 Å². The number of rotatable bonds is 2. The van der Waals surface area contributed by atoms with Gasteiger partial charge in [0.2, 0.25) is 0 Å². The van der Waals surface area contributed by atoms with Gasteiger partial charge in [0, 0.05) is 5.56 Å². The van der Waals surface area contributed by atoms with E-state index in [0.29, 0.717) is 10.7 Å². The van der Waals surface area contributed by atoms with Crippen LogP contribution in [0.25, 0.3) is 10.2 Å².